The Morgan fingerprint density at radius 3 is 2.44 bits per heavy atom. The van der Waals surface area contributed by atoms with Gasteiger partial charge in [0.25, 0.3) is 5.91 Å². The maximum atomic E-state index is 13.3. The van der Waals surface area contributed by atoms with E-state index in [-0.39, 0.29) is 11.7 Å². The number of amides is 1. The van der Waals surface area contributed by atoms with E-state index in [4.69, 9.17) is 9.47 Å². The third-order valence-electron chi connectivity index (χ3n) is 6.90. The summed E-state index contributed by atoms with van der Waals surface area (Å²) in [6.45, 7) is 2.96. The van der Waals surface area contributed by atoms with Crippen LogP contribution in [0, 0.1) is 5.82 Å². The monoisotopic (exact) mass is 486 g/mol. The minimum absolute atomic E-state index is 0.134. The highest BCUT2D eigenvalue weighted by Gasteiger charge is 2.19. The number of carbonyl (C=O) groups excluding carboxylic acids is 1. The van der Waals surface area contributed by atoms with Crippen molar-refractivity contribution in [2.45, 2.75) is 31.8 Å². The molecular weight excluding hydrogens is 455 g/mol. The molecule has 0 saturated carbocycles. The first-order valence-electron chi connectivity index (χ1n) is 12.5. The quantitative estimate of drug-likeness (QED) is 0.471. The third kappa shape index (κ3) is 5.83. The molecule has 1 N–H and O–H groups in total. The zero-order valence-electron chi connectivity index (χ0n) is 20.5. The molecule has 2 aliphatic heterocycles. The van der Waals surface area contributed by atoms with Gasteiger partial charge in [-0.25, -0.2) is 4.39 Å². The number of nitrogens with one attached hydrogen (secondary N) is 1. The molecule has 186 valence electrons. The van der Waals surface area contributed by atoms with Crippen LogP contribution in [0.5, 0.6) is 5.75 Å². The van der Waals surface area contributed by atoms with Crippen molar-refractivity contribution in [3.8, 4) is 16.9 Å². The van der Waals surface area contributed by atoms with E-state index in [0.29, 0.717) is 24.6 Å². The molecule has 0 unspecified atom stereocenters. The second-order valence-electron chi connectivity index (χ2n) is 9.44. The average Bonchev–Trinajstić information content (AvgIpc) is 3.13. The smallest absolute Gasteiger partial charge is 0.251 e. The predicted octanol–water partition coefficient (Wildman–Crippen LogP) is 5.91. The summed E-state index contributed by atoms with van der Waals surface area (Å²) in [4.78, 5) is 15.5. The number of ether oxygens (including phenoxy) is 2. The Morgan fingerprint density at radius 1 is 0.972 bits per heavy atom. The number of rotatable bonds is 6. The first-order chi connectivity index (χ1) is 17.5. The van der Waals surface area contributed by atoms with Crippen LogP contribution in [0.25, 0.3) is 17.2 Å². The Bertz CT molecular complexity index is 1230. The van der Waals surface area contributed by atoms with Crippen molar-refractivity contribution in [2.75, 3.05) is 32.2 Å². The highest BCUT2D eigenvalue weighted by Crippen LogP contribution is 2.31. The van der Waals surface area contributed by atoms with E-state index in [1.165, 1.54) is 17.7 Å². The Balaban J connectivity index is 1.26. The van der Waals surface area contributed by atoms with Gasteiger partial charge >= 0.3 is 0 Å². The molecule has 3 aromatic rings. The number of fused-ring (bicyclic) bond motifs is 1. The summed E-state index contributed by atoms with van der Waals surface area (Å²) in [6, 6.07) is 20.8. The highest BCUT2D eigenvalue weighted by atomic mass is 19.1. The maximum Gasteiger partial charge on any atom is 0.251 e. The van der Waals surface area contributed by atoms with Crippen molar-refractivity contribution in [1.29, 1.82) is 0 Å². The van der Waals surface area contributed by atoms with Gasteiger partial charge in [0, 0.05) is 49.0 Å². The SMILES string of the molecule is CN(Cc1ccc(NC(=O)C2=Cc3cc(-c4ccc(F)cc4)ccc3OCC2)cc1)C1CCOCC1. The van der Waals surface area contributed by atoms with Crippen molar-refractivity contribution in [2.24, 2.45) is 0 Å². The predicted molar refractivity (Wildman–Crippen MR) is 140 cm³/mol. The Hall–Kier alpha value is -3.48. The van der Waals surface area contributed by atoms with Crippen LogP contribution in [-0.4, -0.2) is 43.7 Å². The number of carbonyl (C=O) groups is 1. The summed E-state index contributed by atoms with van der Waals surface area (Å²) in [5.41, 5.74) is 5.33. The standard InChI is InChI=1S/C30H31FN2O3/c1-33(28-13-15-35-16-14-28)20-21-2-9-27(10-3-21)32-30(34)24-12-17-36-29-11-6-23(18-25(29)19-24)22-4-7-26(31)8-5-22/h2-11,18-19,28H,12-17,20H2,1H3,(H,32,34). The second kappa shape index (κ2) is 11.1. The second-order valence-corrected chi connectivity index (χ2v) is 9.44. The lowest BCUT2D eigenvalue weighted by atomic mass is 10.0. The fraction of sp³-hybridized carbons (Fsp3) is 0.300. The van der Waals surface area contributed by atoms with Gasteiger partial charge in [0.15, 0.2) is 0 Å². The van der Waals surface area contributed by atoms with Gasteiger partial charge in [0.1, 0.15) is 11.6 Å². The van der Waals surface area contributed by atoms with Crippen LogP contribution in [0.1, 0.15) is 30.4 Å². The van der Waals surface area contributed by atoms with Crippen LogP contribution >= 0.6 is 0 Å². The van der Waals surface area contributed by atoms with E-state index < -0.39 is 0 Å². The number of nitrogens with zero attached hydrogens (tertiary/aromatic N) is 1. The van der Waals surface area contributed by atoms with E-state index in [1.54, 1.807) is 12.1 Å². The first kappa shape index (κ1) is 24.2. The molecule has 0 radical (unpaired) electrons. The lowest BCUT2D eigenvalue weighted by Gasteiger charge is -2.31. The highest BCUT2D eigenvalue weighted by molar-refractivity contribution is 6.07. The summed E-state index contributed by atoms with van der Waals surface area (Å²) in [7, 11) is 2.16. The minimum atomic E-state index is -0.268. The summed E-state index contributed by atoms with van der Waals surface area (Å²) in [6.07, 6.45) is 4.54. The molecule has 2 aliphatic rings. The summed E-state index contributed by atoms with van der Waals surface area (Å²) >= 11 is 0. The molecule has 0 aliphatic carbocycles. The molecular formula is C30H31FN2O3. The van der Waals surface area contributed by atoms with Crippen LogP contribution in [0.3, 0.4) is 0 Å². The molecule has 2 heterocycles. The molecule has 1 fully saturated rings. The molecule has 1 saturated heterocycles. The molecule has 6 heteroatoms. The Kier molecular flexibility index (Phi) is 7.44. The molecule has 0 spiro atoms. The molecule has 36 heavy (non-hydrogen) atoms. The van der Waals surface area contributed by atoms with Gasteiger partial charge < -0.3 is 14.8 Å². The molecule has 1 amide bonds. The van der Waals surface area contributed by atoms with Crippen molar-refractivity contribution in [1.82, 2.24) is 4.90 Å². The Morgan fingerprint density at radius 2 is 1.69 bits per heavy atom. The number of hydrogen-bond acceptors (Lipinski definition) is 4. The van der Waals surface area contributed by atoms with Gasteiger partial charge in [0.2, 0.25) is 0 Å². The van der Waals surface area contributed by atoms with Crippen molar-refractivity contribution in [3.63, 3.8) is 0 Å². The number of benzene rings is 3. The maximum absolute atomic E-state index is 13.3. The van der Waals surface area contributed by atoms with Gasteiger partial charge in [-0.05, 0) is 79.1 Å². The van der Waals surface area contributed by atoms with Gasteiger partial charge in [-0.15, -0.1) is 0 Å². The average molecular weight is 487 g/mol. The topological polar surface area (TPSA) is 50.8 Å². The lowest BCUT2D eigenvalue weighted by molar-refractivity contribution is -0.113. The number of hydrogen-bond donors (Lipinski definition) is 1. The molecule has 5 nitrogen and oxygen atoms in total. The van der Waals surface area contributed by atoms with Crippen molar-refractivity contribution in [3.05, 3.63) is 89.2 Å². The third-order valence-corrected chi connectivity index (χ3v) is 6.90. The summed E-state index contributed by atoms with van der Waals surface area (Å²) < 4.78 is 24.7. The minimum Gasteiger partial charge on any atom is -0.493 e. The van der Waals surface area contributed by atoms with Crippen LogP contribution in [-0.2, 0) is 16.1 Å². The van der Waals surface area contributed by atoms with Crippen molar-refractivity contribution < 1.29 is 18.7 Å². The summed E-state index contributed by atoms with van der Waals surface area (Å²) in [5, 5.41) is 3.03. The molecule has 0 bridgehead atoms. The lowest BCUT2D eigenvalue weighted by Crippen LogP contribution is -2.36. The van der Waals surface area contributed by atoms with Gasteiger partial charge in [0.05, 0.1) is 6.61 Å². The molecule has 0 atom stereocenters. The first-order valence-corrected chi connectivity index (χ1v) is 12.5. The molecule has 3 aromatic carbocycles. The zero-order chi connectivity index (χ0) is 24.9. The normalized spacial score (nSPS) is 16.0. The van der Waals surface area contributed by atoms with Crippen LogP contribution in [0.15, 0.2) is 72.3 Å². The zero-order valence-corrected chi connectivity index (χ0v) is 20.5. The van der Waals surface area contributed by atoms with E-state index in [1.807, 2.05) is 36.4 Å². The van der Waals surface area contributed by atoms with Crippen LogP contribution < -0.4 is 10.1 Å². The fourth-order valence-electron chi connectivity index (χ4n) is 4.77. The van der Waals surface area contributed by atoms with Gasteiger partial charge in [-0.1, -0.05) is 30.3 Å². The van der Waals surface area contributed by atoms with E-state index in [0.717, 1.165) is 60.7 Å². The number of halogens is 1. The molecule has 0 aromatic heterocycles. The van der Waals surface area contributed by atoms with E-state index in [9.17, 15) is 9.18 Å². The van der Waals surface area contributed by atoms with Crippen LogP contribution in [0.4, 0.5) is 10.1 Å². The van der Waals surface area contributed by atoms with E-state index in [2.05, 4.69) is 29.4 Å². The van der Waals surface area contributed by atoms with Gasteiger partial charge in [-0.2, -0.15) is 0 Å². The van der Waals surface area contributed by atoms with Crippen LogP contribution in [0.2, 0.25) is 0 Å². The van der Waals surface area contributed by atoms with E-state index >= 15 is 0 Å². The fourth-order valence-corrected chi connectivity index (χ4v) is 4.77. The van der Waals surface area contributed by atoms with Crippen molar-refractivity contribution >= 4 is 17.7 Å². The Labute approximate surface area is 211 Å². The molecule has 5 rings (SSSR count). The van der Waals surface area contributed by atoms with Gasteiger partial charge in [-0.3, -0.25) is 9.69 Å². The largest absolute Gasteiger partial charge is 0.493 e. The summed E-state index contributed by atoms with van der Waals surface area (Å²) in [5.74, 6) is 0.336. The number of anilines is 1.